The average molecular weight is 411 g/mol. The van der Waals surface area contributed by atoms with Crippen molar-refractivity contribution < 1.29 is 18.8 Å². The summed E-state index contributed by atoms with van der Waals surface area (Å²) in [6.07, 6.45) is 0. The number of amides is 2. The second-order valence-electron chi connectivity index (χ2n) is 7.65. The molecule has 0 aliphatic carbocycles. The SMILES string of the molecule is CC(=O)c1ccc(N2CCN(C(=O)CNC(=O)c3cc(C)cc(C)c3)CC2)c(F)c1. The molecule has 0 unspecified atom stereocenters. The van der Waals surface area contributed by atoms with E-state index >= 15 is 0 Å². The molecule has 1 fully saturated rings. The Hall–Kier alpha value is -3.22. The zero-order chi connectivity index (χ0) is 21.8. The van der Waals surface area contributed by atoms with E-state index in [-0.39, 0.29) is 24.1 Å². The zero-order valence-corrected chi connectivity index (χ0v) is 17.5. The lowest BCUT2D eigenvalue weighted by Gasteiger charge is -2.36. The molecule has 1 aliphatic rings. The summed E-state index contributed by atoms with van der Waals surface area (Å²) < 4.78 is 14.4. The molecule has 158 valence electrons. The lowest BCUT2D eigenvalue weighted by Crippen LogP contribution is -2.51. The number of carbonyl (C=O) groups is 3. The van der Waals surface area contributed by atoms with Crippen molar-refractivity contribution in [2.75, 3.05) is 37.6 Å². The van der Waals surface area contributed by atoms with Crippen molar-refractivity contribution in [3.63, 3.8) is 0 Å². The van der Waals surface area contributed by atoms with Crippen molar-refractivity contribution in [3.05, 3.63) is 64.5 Å². The van der Waals surface area contributed by atoms with E-state index in [0.717, 1.165) is 11.1 Å². The molecule has 1 aliphatic heterocycles. The number of carbonyl (C=O) groups excluding carboxylic acids is 3. The normalized spacial score (nSPS) is 13.9. The molecule has 1 N–H and O–H groups in total. The molecule has 2 aromatic carbocycles. The van der Waals surface area contributed by atoms with Gasteiger partial charge in [0.15, 0.2) is 5.78 Å². The molecular weight excluding hydrogens is 385 g/mol. The third-order valence-electron chi connectivity index (χ3n) is 5.21. The second kappa shape index (κ2) is 9.07. The molecule has 2 aromatic rings. The number of rotatable bonds is 5. The summed E-state index contributed by atoms with van der Waals surface area (Å²) in [6, 6.07) is 10.0. The van der Waals surface area contributed by atoms with Crippen LogP contribution in [0, 0.1) is 19.7 Å². The van der Waals surface area contributed by atoms with E-state index in [4.69, 9.17) is 0 Å². The topological polar surface area (TPSA) is 69.7 Å². The Bertz CT molecular complexity index is 961. The molecule has 3 rings (SSSR count). The molecule has 0 saturated carbocycles. The number of Topliss-reactive ketones (excluding diaryl/α,β-unsaturated/α-hetero) is 1. The van der Waals surface area contributed by atoms with Gasteiger partial charge in [-0.25, -0.2) is 4.39 Å². The van der Waals surface area contributed by atoms with Crippen LogP contribution in [0.4, 0.5) is 10.1 Å². The minimum atomic E-state index is -0.441. The van der Waals surface area contributed by atoms with Crippen molar-refractivity contribution >= 4 is 23.3 Å². The number of nitrogens with zero attached hydrogens (tertiary/aromatic N) is 2. The van der Waals surface area contributed by atoms with Gasteiger partial charge < -0.3 is 15.1 Å². The summed E-state index contributed by atoms with van der Waals surface area (Å²) in [7, 11) is 0. The quantitative estimate of drug-likeness (QED) is 0.768. The maximum atomic E-state index is 14.4. The number of anilines is 1. The van der Waals surface area contributed by atoms with Crippen LogP contribution in [0.2, 0.25) is 0 Å². The van der Waals surface area contributed by atoms with Crippen molar-refractivity contribution in [1.82, 2.24) is 10.2 Å². The minimum Gasteiger partial charge on any atom is -0.366 e. The second-order valence-corrected chi connectivity index (χ2v) is 7.65. The van der Waals surface area contributed by atoms with Gasteiger partial charge in [-0.05, 0) is 51.1 Å². The summed E-state index contributed by atoms with van der Waals surface area (Å²) in [5.74, 6) is -1.07. The van der Waals surface area contributed by atoms with Gasteiger partial charge in [0, 0.05) is 37.3 Å². The molecule has 1 saturated heterocycles. The summed E-state index contributed by atoms with van der Waals surface area (Å²) >= 11 is 0. The van der Waals surface area contributed by atoms with E-state index in [0.29, 0.717) is 43.0 Å². The number of hydrogen-bond acceptors (Lipinski definition) is 4. The summed E-state index contributed by atoms with van der Waals surface area (Å²) in [5.41, 5.74) is 3.28. The monoisotopic (exact) mass is 411 g/mol. The maximum Gasteiger partial charge on any atom is 0.251 e. The van der Waals surface area contributed by atoms with Crippen LogP contribution >= 0.6 is 0 Å². The van der Waals surface area contributed by atoms with Gasteiger partial charge in [0.25, 0.3) is 5.91 Å². The first-order valence-corrected chi connectivity index (χ1v) is 9.94. The van der Waals surface area contributed by atoms with Gasteiger partial charge in [0.1, 0.15) is 5.82 Å². The molecule has 0 spiro atoms. The highest BCUT2D eigenvalue weighted by Gasteiger charge is 2.23. The lowest BCUT2D eigenvalue weighted by molar-refractivity contribution is -0.130. The predicted octanol–water partition coefficient (Wildman–Crippen LogP) is 2.72. The molecule has 0 atom stereocenters. The van der Waals surface area contributed by atoms with Crippen molar-refractivity contribution in [3.8, 4) is 0 Å². The van der Waals surface area contributed by atoms with Crippen LogP contribution in [-0.4, -0.2) is 55.2 Å². The largest absolute Gasteiger partial charge is 0.366 e. The Balaban J connectivity index is 1.53. The van der Waals surface area contributed by atoms with Gasteiger partial charge >= 0.3 is 0 Å². The smallest absolute Gasteiger partial charge is 0.251 e. The van der Waals surface area contributed by atoms with Gasteiger partial charge in [0.05, 0.1) is 12.2 Å². The van der Waals surface area contributed by atoms with E-state index in [9.17, 15) is 18.8 Å². The molecule has 0 aromatic heterocycles. The summed E-state index contributed by atoms with van der Waals surface area (Å²) in [4.78, 5) is 39.7. The molecule has 6 nitrogen and oxygen atoms in total. The van der Waals surface area contributed by atoms with Gasteiger partial charge in [-0.2, -0.15) is 0 Å². The molecule has 0 bridgehead atoms. The number of nitrogens with one attached hydrogen (secondary N) is 1. The third-order valence-corrected chi connectivity index (χ3v) is 5.21. The molecule has 1 heterocycles. The van der Waals surface area contributed by atoms with Crippen LogP contribution < -0.4 is 10.2 Å². The average Bonchev–Trinajstić information content (AvgIpc) is 2.71. The number of halogens is 1. The fraction of sp³-hybridized carbons (Fsp3) is 0.348. The number of benzene rings is 2. The molecular formula is C23H26FN3O3. The molecule has 7 heteroatoms. The van der Waals surface area contributed by atoms with Crippen LogP contribution in [0.5, 0.6) is 0 Å². The first-order valence-electron chi connectivity index (χ1n) is 9.94. The van der Waals surface area contributed by atoms with Gasteiger partial charge in [-0.1, -0.05) is 17.2 Å². The highest BCUT2D eigenvalue weighted by Crippen LogP contribution is 2.22. The van der Waals surface area contributed by atoms with E-state index in [1.807, 2.05) is 24.8 Å². The number of aryl methyl sites for hydroxylation is 2. The highest BCUT2D eigenvalue weighted by atomic mass is 19.1. The first-order chi connectivity index (χ1) is 14.2. The summed E-state index contributed by atoms with van der Waals surface area (Å²) in [5, 5.41) is 2.68. The van der Waals surface area contributed by atoms with Crippen molar-refractivity contribution in [2.24, 2.45) is 0 Å². The molecule has 0 radical (unpaired) electrons. The van der Waals surface area contributed by atoms with E-state index in [2.05, 4.69) is 5.32 Å². The Morgan fingerprint density at radius 3 is 2.13 bits per heavy atom. The Kier molecular flexibility index (Phi) is 6.50. The van der Waals surface area contributed by atoms with Crippen LogP contribution in [0.15, 0.2) is 36.4 Å². The Labute approximate surface area is 175 Å². The summed E-state index contributed by atoms with van der Waals surface area (Å²) in [6.45, 7) is 7.00. The van der Waals surface area contributed by atoms with Crippen LogP contribution in [-0.2, 0) is 4.79 Å². The molecule has 30 heavy (non-hydrogen) atoms. The minimum absolute atomic E-state index is 0.0759. The van der Waals surface area contributed by atoms with E-state index < -0.39 is 5.82 Å². The van der Waals surface area contributed by atoms with E-state index in [1.165, 1.54) is 13.0 Å². The van der Waals surface area contributed by atoms with E-state index in [1.54, 1.807) is 29.2 Å². The lowest BCUT2D eigenvalue weighted by atomic mass is 10.1. The fourth-order valence-corrected chi connectivity index (χ4v) is 3.65. The fourth-order valence-electron chi connectivity index (χ4n) is 3.65. The highest BCUT2D eigenvalue weighted by molar-refractivity contribution is 5.97. The maximum absolute atomic E-state index is 14.4. The standard InChI is InChI=1S/C23H26FN3O3/c1-15-10-16(2)12-19(11-15)23(30)25-14-22(29)27-8-6-26(7-9-27)21-5-4-18(17(3)28)13-20(21)24/h4-5,10-13H,6-9,14H2,1-3H3,(H,25,30). The Morgan fingerprint density at radius 2 is 1.57 bits per heavy atom. The van der Waals surface area contributed by atoms with Crippen molar-refractivity contribution in [2.45, 2.75) is 20.8 Å². The number of piperazine rings is 1. The van der Waals surface area contributed by atoms with Gasteiger partial charge in [-0.3, -0.25) is 14.4 Å². The van der Waals surface area contributed by atoms with Gasteiger partial charge in [-0.15, -0.1) is 0 Å². The first kappa shape index (κ1) is 21.5. The number of ketones is 1. The third kappa shape index (κ3) is 5.03. The predicted molar refractivity (Wildman–Crippen MR) is 113 cm³/mol. The van der Waals surface area contributed by atoms with Crippen LogP contribution in [0.3, 0.4) is 0 Å². The number of hydrogen-bond donors (Lipinski definition) is 1. The zero-order valence-electron chi connectivity index (χ0n) is 17.5. The van der Waals surface area contributed by atoms with Crippen LogP contribution in [0.25, 0.3) is 0 Å². The van der Waals surface area contributed by atoms with Crippen LogP contribution in [0.1, 0.15) is 38.8 Å². The van der Waals surface area contributed by atoms with Crippen molar-refractivity contribution in [1.29, 1.82) is 0 Å². The molecule has 2 amide bonds. The van der Waals surface area contributed by atoms with Gasteiger partial charge in [0.2, 0.25) is 5.91 Å². The Morgan fingerprint density at radius 1 is 0.933 bits per heavy atom.